The highest BCUT2D eigenvalue weighted by molar-refractivity contribution is 5.90. The highest BCUT2D eigenvalue weighted by Crippen LogP contribution is 2.30. The Morgan fingerprint density at radius 3 is 2.39 bits per heavy atom. The molecule has 4 unspecified atom stereocenters. The second-order valence-electron chi connectivity index (χ2n) is 11.7. The molecule has 1 aromatic carbocycles. The van der Waals surface area contributed by atoms with Gasteiger partial charge in [-0.1, -0.05) is 64.0 Å². The lowest BCUT2D eigenvalue weighted by molar-refractivity contribution is -0.142. The maximum atomic E-state index is 13.8. The smallest absolute Gasteiger partial charge is 0.248 e. The molecule has 2 N–H and O–H groups in total. The number of hydrogen-bond acceptors (Lipinski definition) is 6. The van der Waals surface area contributed by atoms with Gasteiger partial charge in [0.1, 0.15) is 18.3 Å². The molecule has 1 fully saturated rings. The number of likely N-dealkylation sites (tertiary alicyclic amines) is 1. The van der Waals surface area contributed by atoms with Crippen LogP contribution in [0.5, 0.6) is 0 Å². The van der Waals surface area contributed by atoms with Gasteiger partial charge in [-0.25, -0.2) is 0 Å². The van der Waals surface area contributed by atoms with Crippen molar-refractivity contribution in [1.82, 2.24) is 25.2 Å². The number of aryl methyl sites for hydroxylation is 1. The summed E-state index contributed by atoms with van der Waals surface area (Å²) in [6.07, 6.45) is 4.77. The lowest BCUT2D eigenvalue weighted by Crippen LogP contribution is -2.49. The average Bonchev–Trinajstić information content (AvgIpc) is 3.58. The van der Waals surface area contributed by atoms with Crippen LogP contribution in [0.1, 0.15) is 76.9 Å². The van der Waals surface area contributed by atoms with E-state index in [-0.39, 0.29) is 42.2 Å². The normalized spacial score (nSPS) is 19.6. The molecule has 9 heteroatoms. The van der Waals surface area contributed by atoms with Gasteiger partial charge in [0.25, 0.3) is 0 Å². The van der Waals surface area contributed by atoms with Crippen LogP contribution in [-0.4, -0.2) is 55.4 Å². The van der Waals surface area contributed by atoms with Crippen molar-refractivity contribution < 1.29 is 19.2 Å². The van der Waals surface area contributed by atoms with Gasteiger partial charge >= 0.3 is 0 Å². The van der Waals surface area contributed by atoms with E-state index in [2.05, 4.69) is 36.3 Å². The van der Waals surface area contributed by atoms with E-state index in [1.165, 1.54) is 4.90 Å². The zero-order chi connectivity index (χ0) is 27.8. The highest BCUT2D eigenvalue weighted by atomic mass is 16.5. The Bertz CT molecular complexity index is 1270. The van der Waals surface area contributed by atoms with Crippen LogP contribution in [0.25, 0.3) is 11.1 Å². The molecule has 38 heavy (non-hydrogen) atoms. The summed E-state index contributed by atoms with van der Waals surface area (Å²) < 4.78 is 6.74. The summed E-state index contributed by atoms with van der Waals surface area (Å²) >= 11 is 0. The van der Waals surface area contributed by atoms with Gasteiger partial charge in [0.15, 0.2) is 0 Å². The summed E-state index contributed by atoms with van der Waals surface area (Å²) in [5.74, 6) is -0.538. The van der Waals surface area contributed by atoms with Crippen molar-refractivity contribution in [2.75, 3.05) is 6.54 Å². The molecule has 4 rings (SSSR count). The molecule has 1 aliphatic heterocycles. The van der Waals surface area contributed by atoms with Crippen molar-refractivity contribution in [2.45, 2.75) is 84.5 Å². The maximum Gasteiger partial charge on any atom is 0.248 e. The average molecular weight is 522 g/mol. The van der Waals surface area contributed by atoms with Crippen molar-refractivity contribution in [1.29, 1.82) is 0 Å². The van der Waals surface area contributed by atoms with Crippen LogP contribution >= 0.6 is 0 Å². The largest absolute Gasteiger partial charge is 0.391 e. The number of carbonyl (C=O) groups excluding carboxylic acids is 2. The molecule has 2 aromatic heterocycles. The van der Waals surface area contributed by atoms with Crippen LogP contribution in [0, 0.1) is 12.8 Å². The van der Waals surface area contributed by atoms with Crippen LogP contribution < -0.4 is 5.32 Å². The molecular weight excluding hydrogens is 482 g/mol. The fourth-order valence-electron chi connectivity index (χ4n) is 4.97. The van der Waals surface area contributed by atoms with Gasteiger partial charge in [-0.05, 0) is 41.9 Å². The topological polar surface area (TPSA) is 113 Å². The van der Waals surface area contributed by atoms with E-state index in [1.54, 1.807) is 17.1 Å². The number of carbonyl (C=O) groups is 2. The number of nitrogens with one attached hydrogen (secondary N) is 1. The monoisotopic (exact) mass is 521 g/mol. The molecule has 0 radical (unpaired) electrons. The van der Waals surface area contributed by atoms with Crippen LogP contribution in [0.4, 0.5) is 0 Å². The molecule has 204 valence electrons. The standard InChI is InChI=1S/C29H39N5O4/c1-17(2)26(34-14-22(13-30-34)29(5,6)7)28(37)33-15-23(35)12-25(33)27(36)31-18(3)20-8-10-21(11-9-20)24-16-38-32-19(24)4/h8-11,13-14,16-18,23,25-26,35H,12,15H2,1-7H3,(H,31,36). The predicted molar refractivity (Wildman–Crippen MR) is 144 cm³/mol. The molecule has 3 heterocycles. The number of benzene rings is 1. The lowest BCUT2D eigenvalue weighted by Gasteiger charge is -2.30. The lowest BCUT2D eigenvalue weighted by atomic mass is 9.90. The molecule has 2 amide bonds. The Hall–Kier alpha value is -3.46. The van der Waals surface area contributed by atoms with Gasteiger partial charge in [-0.15, -0.1) is 0 Å². The first-order valence-corrected chi connectivity index (χ1v) is 13.2. The number of nitrogens with zero attached hydrogens (tertiary/aromatic N) is 4. The van der Waals surface area contributed by atoms with Crippen LogP contribution in [0.2, 0.25) is 0 Å². The number of hydrogen-bond donors (Lipinski definition) is 2. The molecule has 0 spiro atoms. The van der Waals surface area contributed by atoms with Crippen LogP contribution in [0.3, 0.4) is 0 Å². The summed E-state index contributed by atoms with van der Waals surface area (Å²) in [7, 11) is 0. The molecule has 0 aliphatic carbocycles. The van der Waals surface area contributed by atoms with E-state index in [0.717, 1.165) is 27.9 Å². The highest BCUT2D eigenvalue weighted by Gasteiger charge is 2.43. The molecule has 3 aromatic rings. The Morgan fingerprint density at radius 1 is 1.16 bits per heavy atom. The Kier molecular flexibility index (Phi) is 7.78. The van der Waals surface area contributed by atoms with Crippen LogP contribution in [0.15, 0.2) is 47.4 Å². The van der Waals surface area contributed by atoms with Gasteiger partial charge in [-0.3, -0.25) is 14.3 Å². The number of β-amino-alcohol motifs (C(OH)–C–C–N with tert-alkyl or cyclic N) is 1. The van der Waals surface area contributed by atoms with Gasteiger partial charge in [-0.2, -0.15) is 5.10 Å². The second kappa shape index (κ2) is 10.7. The van der Waals surface area contributed by atoms with Gasteiger partial charge in [0.2, 0.25) is 11.8 Å². The molecule has 1 saturated heterocycles. The minimum absolute atomic E-state index is 0.0526. The minimum Gasteiger partial charge on any atom is -0.391 e. The number of rotatable bonds is 7. The van der Waals surface area contributed by atoms with Crippen molar-refractivity contribution in [3.8, 4) is 11.1 Å². The van der Waals surface area contributed by atoms with Gasteiger partial charge in [0.05, 0.1) is 24.0 Å². The third-order valence-corrected chi connectivity index (χ3v) is 7.33. The predicted octanol–water partition coefficient (Wildman–Crippen LogP) is 4.18. The van der Waals surface area contributed by atoms with E-state index in [9.17, 15) is 14.7 Å². The fraction of sp³-hybridized carbons (Fsp3) is 0.517. The zero-order valence-electron chi connectivity index (χ0n) is 23.3. The van der Waals surface area contributed by atoms with Gasteiger partial charge < -0.3 is 19.8 Å². The van der Waals surface area contributed by atoms with Crippen molar-refractivity contribution >= 4 is 11.8 Å². The fourth-order valence-corrected chi connectivity index (χ4v) is 4.97. The third kappa shape index (κ3) is 5.67. The Morgan fingerprint density at radius 2 is 1.84 bits per heavy atom. The number of aliphatic hydroxyl groups excluding tert-OH is 1. The maximum absolute atomic E-state index is 13.8. The number of aliphatic hydroxyl groups is 1. The first-order valence-electron chi connectivity index (χ1n) is 13.2. The number of aromatic nitrogens is 3. The molecule has 1 aliphatic rings. The first kappa shape index (κ1) is 27.6. The Labute approximate surface area is 224 Å². The Balaban J connectivity index is 1.49. The van der Waals surface area contributed by atoms with Crippen molar-refractivity contribution in [3.05, 3.63) is 59.7 Å². The van der Waals surface area contributed by atoms with E-state index in [1.807, 2.05) is 58.2 Å². The van der Waals surface area contributed by atoms with E-state index in [0.29, 0.717) is 0 Å². The van der Waals surface area contributed by atoms with E-state index < -0.39 is 18.2 Å². The summed E-state index contributed by atoms with van der Waals surface area (Å²) in [5.41, 5.74) is 4.58. The quantitative estimate of drug-likeness (QED) is 0.482. The molecule has 9 nitrogen and oxygen atoms in total. The van der Waals surface area contributed by atoms with E-state index >= 15 is 0 Å². The third-order valence-electron chi connectivity index (χ3n) is 7.33. The molecule has 0 bridgehead atoms. The first-order chi connectivity index (χ1) is 17.9. The summed E-state index contributed by atoms with van der Waals surface area (Å²) in [4.78, 5) is 28.7. The SMILES string of the molecule is Cc1nocc1-c1ccc(C(C)NC(=O)C2CC(O)CN2C(=O)C(C(C)C)n2cc(C(C)(C)C)cn2)cc1. The summed E-state index contributed by atoms with van der Waals surface area (Å²) in [6, 6.07) is 6.24. The molecular formula is C29H39N5O4. The van der Waals surface area contributed by atoms with Crippen molar-refractivity contribution in [2.24, 2.45) is 5.92 Å². The zero-order valence-corrected chi connectivity index (χ0v) is 23.3. The summed E-state index contributed by atoms with van der Waals surface area (Å²) in [5, 5.41) is 21.9. The second-order valence-corrected chi connectivity index (χ2v) is 11.7. The van der Waals surface area contributed by atoms with Crippen molar-refractivity contribution in [3.63, 3.8) is 0 Å². The summed E-state index contributed by atoms with van der Waals surface area (Å²) in [6.45, 7) is 14.1. The minimum atomic E-state index is -0.758. The molecule has 4 atom stereocenters. The van der Waals surface area contributed by atoms with E-state index in [4.69, 9.17) is 4.52 Å². The van der Waals surface area contributed by atoms with Crippen LogP contribution in [-0.2, 0) is 15.0 Å². The van der Waals surface area contributed by atoms with Gasteiger partial charge in [0, 0.05) is 24.7 Å². The number of amides is 2. The molecule has 0 saturated carbocycles.